The van der Waals surface area contributed by atoms with Gasteiger partial charge in [0.2, 0.25) is 5.91 Å². The van der Waals surface area contributed by atoms with Crippen LogP contribution in [-0.2, 0) is 4.79 Å². The maximum Gasteiger partial charge on any atom is 0.243 e. The molecule has 2 rings (SSSR count). The highest BCUT2D eigenvalue weighted by molar-refractivity contribution is 5.85. The lowest BCUT2D eigenvalue weighted by atomic mass is 9.89. The van der Waals surface area contributed by atoms with Crippen molar-refractivity contribution in [1.82, 2.24) is 5.43 Å². The first kappa shape index (κ1) is 15.5. The van der Waals surface area contributed by atoms with Gasteiger partial charge in [-0.25, -0.2) is 5.43 Å². The predicted octanol–water partition coefficient (Wildman–Crippen LogP) is 3.34. The highest BCUT2D eigenvalue weighted by Crippen LogP contribution is 2.24. The summed E-state index contributed by atoms with van der Waals surface area (Å²) in [6, 6.07) is 3.88. The van der Waals surface area contributed by atoms with Gasteiger partial charge in [0.1, 0.15) is 5.75 Å². The van der Waals surface area contributed by atoms with Crippen molar-refractivity contribution in [1.29, 1.82) is 0 Å². The second kappa shape index (κ2) is 7.25. The summed E-state index contributed by atoms with van der Waals surface area (Å²) in [6.07, 6.45) is 7.24. The van der Waals surface area contributed by atoms with E-state index in [9.17, 15) is 4.79 Å². The minimum atomic E-state index is 0.0498. The molecule has 1 N–H and O–H groups in total. The average molecular weight is 288 g/mol. The molecule has 1 fully saturated rings. The summed E-state index contributed by atoms with van der Waals surface area (Å²) in [6.45, 7) is 4.05. The van der Waals surface area contributed by atoms with Crippen LogP contribution in [0.4, 0.5) is 0 Å². The van der Waals surface area contributed by atoms with Gasteiger partial charge in [-0.05, 0) is 55.5 Å². The molecule has 1 aromatic carbocycles. The number of hydrazone groups is 1. The Morgan fingerprint density at radius 2 is 1.95 bits per heavy atom. The number of ether oxygens (including phenoxy) is 1. The molecule has 0 aliphatic heterocycles. The molecule has 0 unspecified atom stereocenters. The number of carbonyl (C=O) groups excluding carboxylic acids is 1. The summed E-state index contributed by atoms with van der Waals surface area (Å²) in [5, 5.41) is 4.11. The maximum absolute atomic E-state index is 12.0. The third-order valence-electron chi connectivity index (χ3n) is 4.35. The van der Waals surface area contributed by atoms with Crippen molar-refractivity contribution in [3.63, 3.8) is 0 Å². The monoisotopic (exact) mass is 288 g/mol. The summed E-state index contributed by atoms with van der Waals surface area (Å²) in [5.41, 5.74) is 5.89. The normalized spacial score (nSPS) is 16.1. The van der Waals surface area contributed by atoms with E-state index in [-0.39, 0.29) is 11.8 Å². The standard InChI is InChI=1S/C17H24N2O2/c1-12-13(2)16(21-3)10-9-15(12)11-18-19-17(20)14-7-5-4-6-8-14/h9-11,14H,4-8H2,1-3H3,(H,19,20)/b18-11+. The topological polar surface area (TPSA) is 50.7 Å². The van der Waals surface area contributed by atoms with Crippen LogP contribution in [0.25, 0.3) is 0 Å². The lowest BCUT2D eigenvalue weighted by Gasteiger charge is -2.19. The van der Waals surface area contributed by atoms with Crippen LogP contribution in [0.3, 0.4) is 0 Å². The smallest absolute Gasteiger partial charge is 0.243 e. The molecule has 1 aliphatic rings. The fourth-order valence-corrected chi connectivity index (χ4v) is 2.80. The molecule has 0 aromatic heterocycles. The molecule has 0 atom stereocenters. The van der Waals surface area contributed by atoms with Gasteiger partial charge < -0.3 is 4.74 Å². The van der Waals surface area contributed by atoms with Gasteiger partial charge in [-0.1, -0.05) is 19.3 Å². The molecular formula is C17H24N2O2. The Morgan fingerprint density at radius 3 is 2.62 bits per heavy atom. The van der Waals surface area contributed by atoms with Crippen molar-refractivity contribution in [2.75, 3.05) is 7.11 Å². The van der Waals surface area contributed by atoms with E-state index in [4.69, 9.17) is 4.74 Å². The van der Waals surface area contributed by atoms with E-state index in [0.717, 1.165) is 48.1 Å². The van der Waals surface area contributed by atoms with Crippen LogP contribution in [0.2, 0.25) is 0 Å². The SMILES string of the molecule is COc1ccc(/C=N/NC(=O)C2CCCCC2)c(C)c1C. The van der Waals surface area contributed by atoms with Gasteiger partial charge in [-0.2, -0.15) is 5.10 Å². The van der Waals surface area contributed by atoms with Gasteiger partial charge in [0.15, 0.2) is 0 Å². The number of benzene rings is 1. The van der Waals surface area contributed by atoms with Crippen LogP contribution in [0.1, 0.15) is 48.8 Å². The van der Waals surface area contributed by atoms with Crippen molar-refractivity contribution in [3.8, 4) is 5.75 Å². The molecule has 1 saturated carbocycles. The number of nitrogens with zero attached hydrogens (tertiary/aromatic N) is 1. The summed E-state index contributed by atoms with van der Waals surface area (Å²) < 4.78 is 5.29. The highest BCUT2D eigenvalue weighted by Gasteiger charge is 2.20. The first-order valence-electron chi connectivity index (χ1n) is 7.60. The van der Waals surface area contributed by atoms with Crippen LogP contribution in [0.5, 0.6) is 5.75 Å². The second-order valence-electron chi connectivity index (χ2n) is 5.68. The molecule has 21 heavy (non-hydrogen) atoms. The number of amides is 1. The van der Waals surface area contributed by atoms with Gasteiger partial charge in [0, 0.05) is 5.92 Å². The van der Waals surface area contributed by atoms with Crippen LogP contribution >= 0.6 is 0 Å². The van der Waals surface area contributed by atoms with E-state index < -0.39 is 0 Å². The molecule has 0 heterocycles. The molecule has 4 heteroatoms. The van der Waals surface area contributed by atoms with Crippen molar-refractivity contribution < 1.29 is 9.53 Å². The Hall–Kier alpha value is -1.84. The van der Waals surface area contributed by atoms with Crippen molar-refractivity contribution in [2.45, 2.75) is 46.0 Å². The van der Waals surface area contributed by atoms with Gasteiger partial charge in [0.25, 0.3) is 0 Å². The molecular weight excluding hydrogens is 264 g/mol. The Kier molecular flexibility index (Phi) is 5.37. The largest absolute Gasteiger partial charge is 0.496 e. The van der Waals surface area contributed by atoms with Crippen LogP contribution < -0.4 is 10.2 Å². The number of carbonyl (C=O) groups is 1. The minimum Gasteiger partial charge on any atom is -0.496 e. The third kappa shape index (κ3) is 3.84. The Morgan fingerprint density at radius 1 is 1.24 bits per heavy atom. The average Bonchev–Trinajstić information content (AvgIpc) is 2.52. The number of hydrogen-bond donors (Lipinski definition) is 1. The zero-order valence-corrected chi connectivity index (χ0v) is 13.1. The third-order valence-corrected chi connectivity index (χ3v) is 4.35. The van der Waals surface area contributed by atoms with E-state index in [1.165, 1.54) is 6.42 Å². The molecule has 1 aromatic rings. The van der Waals surface area contributed by atoms with E-state index in [1.54, 1.807) is 13.3 Å². The number of rotatable bonds is 4. The molecule has 0 radical (unpaired) electrons. The number of hydrogen-bond acceptors (Lipinski definition) is 3. The van der Waals surface area contributed by atoms with Gasteiger partial charge in [-0.3, -0.25) is 4.79 Å². The minimum absolute atomic E-state index is 0.0498. The summed E-state index contributed by atoms with van der Waals surface area (Å²) >= 11 is 0. The zero-order valence-electron chi connectivity index (χ0n) is 13.1. The predicted molar refractivity (Wildman–Crippen MR) is 84.8 cm³/mol. The maximum atomic E-state index is 12.0. The van der Waals surface area contributed by atoms with Gasteiger partial charge in [-0.15, -0.1) is 0 Å². The van der Waals surface area contributed by atoms with Crippen LogP contribution in [-0.4, -0.2) is 19.2 Å². The Labute approximate surface area is 126 Å². The number of methoxy groups -OCH3 is 1. The molecule has 0 spiro atoms. The van der Waals surface area contributed by atoms with Gasteiger partial charge in [0.05, 0.1) is 13.3 Å². The molecule has 4 nitrogen and oxygen atoms in total. The first-order valence-corrected chi connectivity index (χ1v) is 7.60. The van der Waals surface area contributed by atoms with Crippen LogP contribution in [0.15, 0.2) is 17.2 Å². The fraction of sp³-hybridized carbons (Fsp3) is 0.529. The fourth-order valence-electron chi connectivity index (χ4n) is 2.80. The Bertz CT molecular complexity index is 532. The molecule has 1 amide bonds. The zero-order chi connectivity index (χ0) is 15.2. The van der Waals surface area contributed by atoms with Crippen molar-refractivity contribution in [3.05, 3.63) is 28.8 Å². The lowest BCUT2D eigenvalue weighted by molar-refractivity contribution is -0.125. The lowest BCUT2D eigenvalue weighted by Crippen LogP contribution is -2.28. The summed E-state index contributed by atoms with van der Waals surface area (Å²) in [5.74, 6) is 1.05. The van der Waals surface area contributed by atoms with Crippen molar-refractivity contribution in [2.24, 2.45) is 11.0 Å². The van der Waals surface area contributed by atoms with Crippen molar-refractivity contribution >= 4 is 12.1 Å². The van der Waals surface area contributed by atoms with E-state index >= 15 is 0 Å². The second-order valence-corrected chi connectivity index (χ2v) is 5.68. The summed E-state index contributed by atoms with van der Waals surface area (Å²) in [4.78, 5) is 12.0. The Balaban J connectivity index is 1.98. The first-order chi connectivity index (χ1) is 10.1. The highest BCUT2D eigenvalue weighted by atomic mass is 16.5. The number of nitrogens with one attached hydrogen (secondary N) is 1. The van der Waals surface area contributed by atoms with Gasteiger partial charge >= 0.3 is 0 Å². The van der Waals surface area contributed by atoms with E-state index in [0.29, 0.717) is 0 Å². The van der Waals surface area contributed by atoms with Crippen LogP contribution in [0, 0.1) is 19.8 Å². The summed E-state index contributed by atoms with van der Waals surface area (Å²) in [7, 11) is 1.67. The molecule has 1 aliphatic carbocycles. The molecule has 0 bridgehead atoms. The quantitative estimate of drug-likeness (QED) is 0.682. The molecule has 114 valence electrons. The molecule has 0 saturated heterocycles. The van der Waals surface area contributed by atoms with E-state index in [2.05, 4.69) is 10.5 Å². The van der Waals surface area contributed by atoms with E-state index in [1.807, 2.05) is 26.0 Å².